The maximum Gasteiger partial charge on any atom is 0.0965 e. The SMILES string of the molecule is NC(=O)[C-]=O.[Fe]. The second-order valence-electron chi connectivity index (χ2n) is 0.466. The molecule has 0 aromatic carbocycles. The van der Waals surface area contributed by atoms with Gasteiger partial charge in [0.15, 0.2) is 0 Å². The standard InChI is InChI=1S/C2H2NO2.Fe/c3-2(5)1-4;/h(H2,3,5);/q-1;. The predicted molar refractivity (Wildman–Crippen MR) is 14.9 cm³/mol. The Morgan fingerprint density at radius 3 is 1.83 bits per heavy atom. The van der Waals surface area contributed by atoms with E-state index >= 15 is 0 Å². The molecule has 0 radical (unpaired) electrons. The van der Waals surface area contributed by atoms with Crippen LogP contribution < -0.4 is 5.73 Å². The summed E-state index contributed by atoms with van der Waals surface area (Å²) in [6, 6.07) is 0. The van der Waals surface area contributed by atoms with Gasteiger partial charge in [-0.2, -0.15) is 6.29 Å². The number of nitrogens with two attached hydrogens (primary N) is 1. The van der Waals surface area contributed by atoms with Gasteiger partial charge in [-0.1, -0.05) is 0 Å². The largest absolute Gasteiger partial charge is 0.532 e. The molecule has 0 atom stereocenters. The number of carbonyl (C=O) groups excluding carboxylic acids is 2. The Bertz CT molecular complexity index is 62.6. The molecule has 0 heterocycles. The molecule has 0 aliphatic rings. The fraction of sp³-hybridized carbons (Fsp3) is 0. The van der Waals surface area contributed by atoms with E-state index in [2.05, 4.69) is 5.73 Å². The zero-order valence-electron chi connectivity index (χ0n) is 2.75. The summed E-state index contributed by atoms with van der Waals surface area (Å²) in [5.74, 6) is -1.05. The Kier molecular flexibility index (Phi) is 7.13. The molecule has 0 aliphatic carbocycles. The Morgan fingerprint density at radius 2 is 1.83 bits per heavy atom. The third-order valence-electron chi connectivity index (χ3n) is 0.101. The molecule has 3 nitrogen and oxygen atoms in total. The van der Waals surface area contributed by atoms with Crippen molar-refractivity contribution in [3.05, 3.63) is 0 Å². The molecule has 0 bridgehead atoms. The van der Waals surface area contributed by atoms with Crippen LogP contribution in [0.25, 0.3) is 0 Å². The molecule has 0 aromatic heterocycles. The normalized spacial score (nSPS) is 5.33. The van der Waals surface area contributed by atoms with Crippen molar-refractivity contribution in [3.8, 4) is 0 Å². The molecule has 4 heteroatoms. The first-order chi connectivity index (χ1) is 2.27. The van der Waals surface area contributed by atoms with E-state index in [1.54, 1.807) is 0 Å². The van der Waals surface area contributed by atoms with Crippen molar-refractivity contribution in [2.75, 3.05) is 0 Å². The van der Waals surface area contributed by atoms with E-state index < -0.39 is 5.91 Å². The molecule has 0 unspecified atom stereocenters. The van der Waals surface area contributed by atoms with Gasteiger partial charge >= 0.3 is 0 Å². The van der Waals surface area contributed by atoms with Crippen molar-refractivity contribution in [3.63, 3.8) is 0 Å². The fourth-order valence-electron chi connectivity index (χ4n) is 0. The quantitative estimate of drug-likeness (QED) is 0.267. The van der Waals surface area contributed by atoms with Crippen LogP contribution in [0.1, 0.15) is 0 Å². The molecule has 0 spiro atoms. The average molecular weight is 128 g/mol. The molecular formula is C2H2FeNO2-. The first kappa shape index (κ1) is 9.18. The summed E-state index contributed by atoms with van der Waals surface area (Å²) in [5, 5.41) is 0. The fourth-order valence-corrected chi connectivity index (χ4v) is 0. The van der Waals surface area contributed by atoms with Crippen LogP contribution >= 0.6 is 0 Å². The predicted octanol–water partition coefficient (Wildman–Crippen LogP) is -1.42. The zero-order chi connectivity index (χ0) is 4.28. The van der Waals surface area contributed by atoms with Gasteiger partial charge in [0, 0.05) is 17.1 Å². The summed E-state index contributed by atoms with van der Waals surface area (Å²) in [7, 11) is 0. The first-order valence-corrected chi connectivity index (χ1v) is 0.947. The number of hydrogen-bond donors (Lipinski definition) is 1. The monoisotopic (exact) mass is 128 g/mol. The molecule has 36 valence electrons. The van der Waals surface area contributed by atoms with Crippen LogP contribution in [0.15, 0.2) is 0 Å². The van der Waals surface area contributed by atoms with E-state index in [1.165, 1.54) is 0 Å². The van der Waals surface area contributed by atoms with Gasteiger partial charge in [-0.05, 0) is 0 Å². The maximum atomic E-state index is 9.17. The van der Waals surface area contributed by atoms with Gasteiger partial charge in [0.1, 0.15) is 0 Å². The molecule has 0 aliphatic heterocycles. The molecule has 2 N–H and O–H groups in total. The van der Waals surface area contributed by atoms with Gasteiger partial charge in [-0.15, -0.1) is 0 Å². The molecule has 0 saturated carbocycles. The van der Waals surface area contributed by atoms with E-state index in [4.69, 9.17) is 9.59 Å². The molecule has 0 rings (SSSR count). The Labute approximate surface area is 45.4 Å². The second-order valence-corrected chi connectivity index (χ2v) is 0.466. The van der Waals surface area contributed by atoms with Gasteiger partial charge in [0.25, 0.3) is 0 Å². The third kappa shape index (κ3) is 9.40. The van der Waals surface area contributed by atoms with E-state index in [0.29, 0.717) is 0 Å². The number of hydrogen-bond acceptors (Lipinski definition) is 2. The van der Waals surface area contributed by atoms with Crippen LogP contribution in [-0.2, 0) is 26.7 Å². The number of amides is 1. The second kappa shape index (κ2) is 4.66. The molecule has 0 aromatic rings. The average Bonchev–Trinajstić information content (AvgIpc) is 1.38. The maximum absolute atomic E-state index is 9.17. The first-order valence-electron chi connectivity index (χ1n) is 0.947. The van der Waals surface area contributed by atoms with Gasteiger partial charge in [-0.3, -0.25) is 0 Å². The van der Waals surface area contributed by atoms with Crippen molar-refractivity contribution in [1.82, 2.24) is 0 Å². The molecule has 0 fully saturated rings. The number of primary amides is 1. The summed E-state index contributed by atoms with van der Waals surface area (Å²) >= 11 is 0. The smallest absolute Gasteiger partial charge is 0.0965 e. The van der Waals surface area contributed by atoms with Crippen LogP contribution in [0.3, 0.4) is 0 Å². The van der Waals surface area contributed by atoms with E-state index in [1.807, 2.05) is 0 Å². The van der Waals surface area contributed by atoms with Crippen LogP contribution in [0.2, 0.25) is 0 Å². The van der Waals surface area contributed by atoms with Gasteiger partial charge in [0.05, 0.1) is 5.91 Å². The van der Waals surface area contributed by atoms with Gasteiger partial charge in [0.2, 0.25) is 0 Å². The number of rotatable bonds is 1. The zero-order valence-corrected chi connectivity index (χ0v) is 3.85. The van der Waals surface area contributed by atoms with Crippen LogP contribution in [0.4, 0.5) is 0 Å². The van der Waals surface area contributed by atoms with Crippen molar-refractivity contribution in [2.24, 2.45) is 5.73 Å². The molecule has 6 heavy (non-hydrogen) atoms. The van der Waals surface area contributed by atoms with Crippen LogP contribution in [-0.4, -0.2) is 12.2 Å². The summed E-state index contributed by atoms with van der Waals surface area (Å²) in [5.41, 5.74) is 4.23. The van der Waals surface area contributed by atoms with E-state index in [-0.39, 0.29) is 17.1 Å². The van der Waals surface area contributed by atoms with E-state index in [9.17, 15) is 0 Å². The summed E-state index contributed by atoms with van der Waals surface area (Å²) < 4.78 is 0. The van der Waals surface area contributed by atoms with Crippen molar-refractivity contribution in [1.29, 1.82) is 0 Å². The van der Waals surface area contributed by atoms with Crippen LogP contribution in [0.5, 0.6) is 0 Å². The van der Waals surface area contributed by atoms with Crippen LogP contribution in [0, 0.1) is 0 Å². The third-order valence-corrected chi connectivity index (χ3v) is 0.101. The Hall–Kier alpha value is -0.341. The molecule has 0 saturated heterocycles. The topological polar surface area (TPSA) is 60.2 Å². The van der Waals surface area contributed by atoms with Crippen molar-refractivity contribution >= 4 is 12.2 Å². The Morgan fingerprint density at radius 1 is 1.67 bits per heavy atom. The molecular weight excluding hydrogens is 126 g/mol. The summed E-state index contributed by atoms with van der Waals surface area (Å²) in [6.07, 6.45) is 0.917. The molecule has 1 amide bonds. The van der Waals surface area contributed by atoms with Gasteiger partial charge in [-0.25, -0.2) is 0 Å². The minimum atomic E-state index is -1.05. The Balaban J connectivity index is 0. The summed E-state index contributed by atoms with van der Waals surface area (Å²) in [4.78, 5) is 18.1. The minimum absolute atomic E-state index is 0. The van der Waals surface area contributed by atoms with Crippen molar-refractivity contribution in [2.45, 2.75) is 0 Å². The van der Waals surface area contributed by atoms with Gasteiger partial charge < -0.3 is 15.3 Å². The summed E-state index contributed by atoms with van der Waals surface area (Å²) in [6.45, 7) is 0. The number of carbonyl (C=O) groups is 1. The minimum Gasteiger partial charge on any atom is -0.532 e. The van der Waals surface area contributed by atoms with Crippen molar-refractivity contribution < 1.29 is 26.7 Å². The van der Waals surface area contributed by atoms with E-state index in [0.717, 1.165) is 6.29 Å².